The van der Waals surface area contributed by atoms with E-state index >= 15 is 0 Å². The number of aromatic amines is 1. The molecule has 0 spiro atoms. The van der Waals surface area contributed by atoms with Crippen molar-refractivity contribution in [3.8, 4) is 0 Å². The number of methoxy groups -OCH3 is 1. The number of benzene rings is 1. The van der Waals surface area contributed by atoms with Crippen molar-refractivity contribution in [2.45, 2.75) is 13.2 Å². The summed E-state index contributed by atoms with van der Waals surface area (Å²) in [5.41, 5.74) is 1.82. The number of rotatable bonds is 4. The summed E-state index contributed by atoms with van der Waals surface area (Å²) in [7, 11) is 1.60. The number of halogens is 1. The average Bonchev–Trinajstić information content (AvgIpc) is 2.63. The lowest BCUT2D eigenvalue weighted by molar-refractivity contribution is 0.181. The minimum atomic E-state index is -0.0417. The van der Waals surface area contributed by atoms with Crippen molar-refractivity contribution in [3.05, 3.63) is 56.4 Å². The van der Waals surface area contributed by atoms with Gasteiger partial charge in [-0.05, 0) is 17.7 Å². The largest absolute Gasteiger partial charge is 0.378 e. The molecule has 0 aliphatic carbocycles. The fourth-order valence-corrected chi connectivity index (χ4v) is 1.87. The van der Waals surface area contributed by atoms with Gasteiger partial charge in [0.15, 0.2) is 0 Å². The summed E-state index contributed by atoms with van der Waals surface area (Å²) in [6.45, 7) is 0.957. The summed E-state index contributed by atoms with van der Waals surface area (Å²) < 4.78 is 7.57. The molecule has 0 unspecified atom stereocenters. The molecule has 2 rings (SSSR count). The third-order valence-electron chi connectivity index (χ3n) is 2.40. The Labute approximate surface area is 107 Å². The normalized spacial score (nSPS) is 10.7. The van der Waals surface area contributed by atoms with Crippen LogP contribution in [0.2, 0.25) is 0 Å². The first-order valence-corrected chi connectivity index (χ1v) is 6.00. The summed E-state index contributed by atoms with van der Waals surface area (Å²) in [5, 5.41) is 3.01. The van der Waals surface area contributed by atoms with Crippen LogP contribution >= 0.6 is 15.9 Å². The molecule has 2 aromatic rings. The van der Waals surface area contributed by atoms with Crippen molar-refractivity contribution in [2.24, 2.45) is 0 Å². The summed E-state index contributed by atoms with van der Waals surface area (Å²) in [4.78, 5) is 11.7. The van der Waals surface area contributed by atoms with Crippen molar-refractivity contribution in [1.82, 2.24) is 9.78 Å². The Morgan fingerprint density at radius 1 is 1.35 bits per heavy atom. The predicted octanol–water partition coefficient (Wildman–Crippen LogP) is 2.13. The Morgan fingerprint density at radius 3 is 2.71 bits per heavy atom. The first-order chi connectivity index (χ1) is 8.19. The van der Waals surface area contributed by atoms with Crippen LogP contribution in [0.1, 0.15) is 11.3 Å². The zero-order valence-corrected chi connectivity index (χ0v) is 11.0. The van der Waals surface area contributed by atoms with Crippen molar-refractivity contribution < 1.29 is 4.74 Å². The molecule has 0 fully saturated rings. The quantitative estimate of drug-likeness (QED) is 0.940. The number of nitrogens with one attached hydrogen (secondary N) is 1. The molecule has 0 aliphatic heterocycles. The summed E-state index contributed by atoms with van der Waals surface area (Å²) >= 11 is 3.38. The average molecular weight is 297 g/mol. The minimum absolute atomic E-state index is 0.0417. The number of aromatic nitrogens is 2. The van der Waals surface area contributed by atoms with E-state index in [0.717, 1.165) is 15.7 Å². The third-order valence-corrected chi connectivity index (χ3v) is 2.92. The molecule has 5 heteroatoms. The molecule has 4 nitrogen and oxygen atoms in total. The molecule has 0 saturated heterocycles. The van der Waals surface area contributed by atoms with E-state index in [-0.39, 0.29) is 5.56 Å². The molecule has 0 atom stereocenters. The van der Waals surface area contributed by atoms with Crippen LogP contribution in [0.5, 0.6) is 0 Å². The molecule has 0 amide bonds. The summed E-state index contributed by atoms with van der Waals surface area (Å²) in [6, 6.07) is 9.43. The van der Waals surface area contributed by atoms with Gasteiger partial charge in [-0.25, -0.2) is 4.68 Å². The van der Waals surface area contributed by atoms with Crippen LogP contribution in [0, 0.1) is 0 Å². The molecule has 0 saturated carbocycles. The lowest BCUT2D eigenvalue weighted by Gasteiger charge is -2.02. The molecule has 1 aromatic heterocycles. The molecule has 0 radical (unpaired) electrons. The highest BCUT2D eigenvalue weighted by atomic mass is 79.9. The molecule has 1 heterocycles. The maximum absolute atomic E-state index is 11.7. The fourth-order valence-electron chi connectivity index (χ4n) is 1.61. The van der Waals surface area contributed by atoms with E-state index in [4.69, 9.17) is 4.74 Å². The Hall–Kier alpha value is -1.33. The highest BCUT2D eigenvalue weighted by molar-refractivity contribution is 9.10. The summed E-state index contributed by atoms with van der Waals surface area (Å²) in [5.74, 6) is 0. The van der Waals surface area contributed by atoms with Gasteiger partial charge in [-0.1, -0.05) is 28.1 Å². The maximum atomic E-state index is 11.7. The fraction of sp³-hybridized carbons (Fsp3) is 0.250. The van der Waals surface area contributed by atoms with E-state index in [1.165, 1.54) is 0 Å². The SMILES string of the molecule is COCc1cc(=O)n(Cc2ccc(Br)cc2)[nH]1. The van der Waals surface area contributed by atoms with E-state index in [0.29, 0.717) is 13.2 Å². The van der Waals surface area contributed by atoms with Crippen LogP contribution in [0.3, 0.4) is 0 Å². The van der Waals surface area contributed by atoms with E-state index in [9.17, 15) is 4.79 Å². The van der Waals surface area contributed by atoms with Gasteiger partial charge in [0.25, 0.3) is 5.56 Å². The first-order valence-electron chi connectivity index (χ1n) is 5.21. The van der Waals surface area contributed by atoms with E-state index in [2.05, 4.69) is 21.0 Å². The van der Waals surface area contributed by atoms with Gasteiger partial charge in [-0.3, -0.25) is 9.89 Å². The van der Waals surface area contributed by atoms with Crippen LogP contribution in [0.4, 0.5) is 0 Å². The van der Waals surface area contributed by atoms with Gasteiger partial charge in [0, 0.05) is 17.6 Å². The number of H-pyrrole nitrogens is 1. The molecule has 90 valence electrons. The first kappa shape index (κ1) is 12.1. The van der Waals surface area contributed by atoms with Gasteiger partial charge >= 0.3 is 0 Å². The van der Waals surface area contributed by atoms with Crippen LogP contribution in [0.25, 0.3) is 0 Å². The Kier molecular flexibility index (Phi) is 3.81. The highest BCUT2D eigenvalue weighted by Gasteiger charge is 2.03. The Morgan fingerprint density at radius 2 is 2.06 bits per heavy atom. The van der Waals surface area contributed by atoms with Crippen LogP contribution in [-0.2, 0) is 17.9 Å². The summed E-state index contributed by atoms with van der Waals surface area (Å²) in [6.07, 6.45) is 0. The molecule has 1 N–H and O–H groups in total. The van der Waals surface area contributed by atoms with Crippen LogP contribution in [0.15, 0.2) is 39.6 Å². The smallest absolute Gasteiger partial charge is 0.267 e. The second-order valence-electron chi connectivity index (χ2n) is 3.77. The van der Waals surface area contributed by atoms with Gasteiger partial charge in [0.1, 0.15) is 0 Å². The zero-order chi connectivity index (χ0) is 12.3. The van der Waals surface area contributed by atoms with Crippen LogP contribution in [-0.4, -0.2) is 16.9 Å². The Bertz CT molecular complexity index is 542. The van der Waals surface area contributed by atoms with Gasteiger partial charge < -0.3 is 4.74 Å². The maximum Gasteiger partial charge on any atom is 0.267 e. The third kappa shape index (κ3) is 3.08. The predicted molar refractivity (Wildman–Crippen MR) is 69.0 cm³/mol. The number of ether oxygens (including phenoxy) is 1. The highest BCUT2D eigenvalue weighted by Crippen LogP contribution is 2.10. The van der Waals surface area contributed by atoms with Crippen molar-refractivity contribution >= 4 is 15.9 Å². The minimum Gasteiger partial charge on any atom is -0.378 e. The second-order valence-corrected chi connectivity index (χ2v) is 4.68. The Balaban J connectivity index is 2.18. The van der Waals surface area contributed by atoms with E-state index in [1.807, 2.05) is 24.3 Å². The lowest BCUT2D eigenvalue weighted by atomic mass is 10.2. The monoisotopic (exact) mass is 296 g/mol. The van der Waals surface area contributed by atoms with Gasteiger partial charge in [0.2, 0.25) is 0 Å². The second kappa shape index (κ2) is 5.33. The molecular formula is C12H13BrN2O2. The zero-order valence-electron chi connectivity index (χ0n) is 9.44. The number of hydrogen-bond acceptors (Lipinski definition) is 2. The molecule has 1 aromatic carbocycles. The van der Waals surface area contributed by atoms with Crippen molar-refractivity contribution in [3.63, 3.8) is 0 Å². The van der Waals surface area contributed by atoms with E-state index in [1.54, 1.807) is 17.9 Å². The number of hydrogen-bond donors (Lipinski definition) is 1. The van der Waals surface area contributed by atoms with Crippen molar-refractivity contribution in [1.29, 1.82) is 0 Å². The molecular weight excluding hydrogens is 284 g/mol. The van der Waals surface area contributed by atoms with E-state index < -0.39 is 0 Å². The molecule has 0 aliphatic rings. The molecule has 17 heavy (non-hydrogen) atoms. The number of nitrogens with zero attached hydrogens (tertiary/aromatic N) is 1. The van der Waals surface area contributed by atoms with Gasteiger partial charge in [-0.15, -0.1) is 0 Å². The van der Waals surface area contributed by atoms with Gasteiger partial charge in [-0.2, -0.15) is 0 Å². The standard InChI is InChI=1S/C12H13BrN2O2/c1-17-8-11-6-12(16)15(14-11)7-9-2-4-10(13)5-3-9/h2-6,14H,7-8H2,1H3. The van der Waals surface area contributed by atoms with Crippen LogP contribution < -0.4 is 5.56 Å². The topological polar surface area (TPSA) is 47.0 Å². The van der Waals surface area contributed by atoms with Crippen molar-refractivity contribution in [2.75, 3.05) is 7.11 Å². The molecule has 0 bridgehead atoms. The lowest BCUT2D eigenvalue weighted by Crippen LogP contribution is -2.16. The van der Waals surface area contributed by atoms with Gasteiger partial charge in [0.05, 0.1) is 18.8 Å².